The van der Waals surface area contributed by atoms with Crippen LogP contribution in [0.2, 0.25) is 0 Å². The van der Waals surface area contributed by atoms with Gasteiger partial charge in [0.1, 0.15) is 0 Å². The first-order valence-electron chi connectivity index (χ1n) is 9.98. The number of carbonyl (C=O) groups excluding carboxylic acids is 3. The Hall–Kier alpha value is -1.04. The molecule has 6 heteroatoms. The van der Waals surface area contributed by atoms with E-state index in [1.807, 2.05) is 27.7 Å². The first-order valence-corrected chi connectivity index (χ1v) is 10.9. The molecule has 0 aromatic rings. The van der Waals surface area contributed by atoms with Crippen LogP contribution >= 0.6 is 11.8 Å². The summed E-state index contributed by atoms with van der Waals surface area (Å²) in [5.74, 6) is -0.0496. The second-order valence-electron chi connectivity index (χ2n) is 7.39. The van der Waals surface area contributed by atoms with Gasteiger partial charge in [0.25, 0.3) is 0 Å². The summed E-state index contributed by atoms with van der Waals surface area (Å²) < 4.78 is -0.0316. The molecule has 5 nitrogen and oxygen atoms in total. The SMILES string of the molecule is CC.CC.CC(C)(C)SC1CC(=O)N(CC2CCC(C(N)=O)CC2)C1=O. The minimum Gasteiger partial charge on any atom is -0.369 e. The Kier molecular flexibility index (Phi) is 11.2. The third-order valence-electron chi connectivity index (χ3n) is 4.39. The fourth-order valence-electron chi connectivity index (χ4n) is 3.25. The van der Waals surface area contributed by atoms with E-state index in [0.717, 1.165) is 25.7 Å². The number of hydrogen-bond acceptors (Lipinski definition) is 4. The standard InChI is InChI=1S/C16H26N2O3S.2C2H6/c1-16(2,3)22-12-8-13(19)18(15(12)21)9-10-4-6-11(7-5-10)14(17)20;2*1-2/h10-12H,4-9H2,1-3H3,(H2,17,20);2*1-2H3. The van der Waals surface area contributed by atoms with Crippen molar-refractivity contribution in [2.75, 3.05) is 6.54 Å². The van der Waals surface area contributed by atoms with E-state index in [1.165, 1.54) is 4.90 Å². The van der Waals surface area contributed by atoms with Crippen molar-refractivity contribution >= 4 is 29.5 Å². The monoisotopic (exact) mass is 386 g/mol. The van der Waals surface area contributed by atoms with E-state index in [-0.39, 0.29) is 33.6 Å². The van der Waals surface area contributed by atoms with Crippen molar-refractivity contribution in [1.82, 2.24) is 4.90 Å². The van der Waals surface area contributed by atoms with Crippen LogP contribution in [-0.4, -0.2) is 39.2 Å². The lowest BCUT2D eigenvalue weighted by atomic mass is 9.81. The summed E-state index contributed by atoms with van der Waals surface area (Å²) in [4.78, 5) is 37.2. The number of nitrogens with two attached hydrogens (primary N) is 1. The molecular weight excluding hydrogens is 348 g/mol. The summed E-state index contributed by atoms with van der Waals surface area (Å²) in [5, 5.41) is -0.241. The summed E-state index contributed by atoms with van der Waals surface area (Å²) in [6.45, 7) is 14.7. The van der Waals surface area contributed by atoms with Gasteiger partial charge in [0.2, 0.25) is 17.7 Å². The van der Waals surface area contributed by atoms with Crippen molar-refractivity contribution < 1.29 is 14.4 Å². The molecular formula is C20H38N2O3S. The molecule has 1 aliphatic heterocycles. The Balaban J connectivity index is 0.00000146. The molecule has 1 atom stereocenters. The number of primary amides is 1. The average Bonchev–Trinajstić information content (AvgIpc) is 2.85. The maximum Gasteiger partial charge on any atom is 0.242 e. The summed E-state index contributed by atoms with van der Waals surface area (Å²) in [6, 6.07) is 0. The number of likely N-dealkylation sites (tertiary alicyclic amines) is 1. The van der Waals surface area contributed by atoms with E-state index >= 15 is 0 Å². The molecule has 1 saturated carbocycles. The Bertz CT molecular complexity index is 466. The van der Waals surface area contributed by atoms with E-state index < -0.39 is 0 Å². The number of hydrogen-bond donors (Lipinski definition) is 1. The van der Waals surface area contributed by atoms with Gasteiger partial charge in [-0.1, -0.05) is 48.5 Å². The third-order valence-corrected chi connectivity index (χ3v) is 5.75. The molecule has 3 amide bonds. The Morgan fingerprint density at radius 2 is 1.58 bits per heavy atom. The van der Waals surface area contributed by atoms with Gasteiger partial charge in [-0.25, -0.2) is 0 Å². The number of imide groups is 1. The van der Waals surface area contributed by atoms with Gasteiger partial charge in [-0.05, 0) is 31.6 Å². The molecule has 26 heavy (non-hydrogen) atoms. The highest BCUT2D eigenvalue weighted by atomic mass is 32.2. The molecule has 0 spiro atoms. The number of thioether (sulfide) groups is 1. The van der Waals surface area contributed by atoms with Crippen molar-refractivity contribution in [2.24, 2.45) is 17.6 Å². The van der Waals surface area contributed by atoms with Crippen molar-refractivity contribution in [3.05, 3.63) is 0 Å². The summed E-state index contributed by atoms with van der Waals surface area (Å²) in [7, 11) is 0. The molecule has 1 unspecified atom stereocenters. The third kappa shape index (κ3) is 7.68. The lowest BCUT2D eigenvalue weighted by molar-refractivity contribution is -0.139. The smallest absolute Gasteiger partial charge is 0.242 e. The Labute approximate surface area is 163 Å². The number of amides is 3. The van der Waals surface area contributed by atoms with E-state index in [0.29, 0.717) is 18.9 Å². The Morgan fingerprint density at radius 3 is 2.00 bits per heavy atom. The van der Waals surface area contributed by atoms with Crippen LogP contribution in [0.4, 0.5) is 0 Å². The van der Waals surface area contributed by atoms with E-state index in [9.17, 15) is 14.4 Å². The van der Waals surface area contributed by atoms with Crippen LogP contribution in [0.1, 0.15) is 80.6 Å². The van der Waals surface area contributed by atoms with Gasteiger partial charge in [0.15, 0.2) is 0 Å². The summed E-state index contributed by atoms with van der Waals surface area (Å²) in [5.41, 5.74) is 5.34. The first-order chi connectivity index (χ1) is 12.2. The highest BCUT2D eigenvalue weighted by Gasteiger charge is 2.42. The summed E-state index contributed by atoms with van der Waals surface area (Å²) in [6.07, 6.45) is 3.59. The predicted molar refractivity (Wildman–Crippen MR) is 110 cm³/mol. The molecule has 0 radical (unpaired) electrons. The number of nitrogens with zero attached hydrogens (tertiary/aromatic N) is 1. The normalized spacial score (nSPS) is 25.8. The minimum absolute atomic E-state index is 0.0316. The minimum atomic E-state index is -0.241. The zero-order valence-corrected chi connectivity index (χ0v) is 18.4. The maximum absolute atomic E-state index is 12.5. The molecule has 0 bridgehead atoms. The lowest BCUT2D eigenvalue weighted by Gasteiger charge is -2.29. The van der Waals surface area contributed by atoms with Crippen LogP contribution < -0.4 is 5.73 Å². The molecule has 0 aromatic heterocycles. The van der Waals surface area contributed by atoms with Gasteiger partial charge in [0.05, 0.1) is 5.25 Å². The van der Waals surface area contributed by atoms with Gasteiger partial charge in [-0.3, -0.25) is 19.3 Å². The molecule has 152 valence electrons. The fraction of sp³-hybridized carbons (Fsp3) is 0.850. The van der Waals surface area contributed by atoms with E-state index in [4.69, 9.17) is 5.73 Å². The van der Waals surface area contributed by atoms with Gasteiger partial charge in [-0.2, -0.15) is 0 Å². The Morgan fingerprint density at radius 1 is 1.08 bits per heavy atom. The van der Waals surface area contributed by atoms with Gasteiger partial charge < -0.3 is 5.73 Å². The van der Waals surface area contributed by atoms with Crippen LogP contribution in [0.25, 0.3) is 0 Å². The van der Waals surface area contributed by atoms with Crippen molar-refractivity contribution in [3.8, 4) is 0 Å². The zero-order chi connectivity index (χ0) is 20.5. The first kappa shape index (κ1) is 25.0. The quantitative estimate of drug-likeness (QED) is 0.741. The van der Waals surface area contributed by atoms with Crippen LogP contribution in [-0.2, 0) is 14.4 Å². The predicted octanol–water partition coefficient (Wildman–Crippen LogP) is 3.99. The average molecular weight is 387 g/mol. The molecule has 0 aromatic carbocycles. The van der Waals surface area contributed by atoms with Crippen molar-refractivity contribution in [2.45, 2.75) is 90.6 Å². The van der Waals surface area contributed by atoms with E-state index in [2.05, 4.69) is 20.8 Å². The number of carbonyl (C=O) groups is 3. The lowest BCUT2D eigenvalue weighted by Crippen LogP contribution is -2.38. The molecule has 2 rings (SSSR count). The van der Waals surface area contributed by atoms with Crippen LogP contribution in [0.15, 0.2) is 0 Å². The molecule has 1 aliphatic carbocycles. The molecule has 2 aliphatic rings. The van der Waals surface area contributed by atoms with Gasteiger partial charge >= 0.3 is 0 Å². The molecule has 2 N–H and O–H groups in total. The molecule has 2 fully saturated rings. The van der Waals surface area contributed by atoms with Crippen LogP contribution in [0.3, 0.4) is 0 Å². The second-order valence-corrected chi connectivity index (χ2v) is 9.42. The topological polar surface area (TPSA) is 80.5 Å². The van der Waals surface area contributed by atoms with Crippen LogP contribution in [0.5, 0.6) is 0 Å². The highest BCUT2D eigenvalue weighted by Crippen LogP contribution is 2.36. The number of rotatable bonds is 4. The zero-order valence-electron chi connectivity index (χ0n) is 17.6. The molecule has 1 saturated heterocycles. The second kappa shape index (κ2) is 11.6. The van der Waals surface area contributed by atoms with Gasteiger partial charge in [-0.15, -0.1) is 11.8 Å². The van der Waals surface area contributed by atoms with E-state index in [1.54, 1.807) is 11.8 Å². The highest BCUT2D eigenvalue weighted by molar-refractivity contribution is 8.01. The van der Waals surface area contributed by atoms with Crippen molar-refractivity contribution in [3.63, 3.8) is 0 Å². The largest absolute Gasteiger partial charge is 0.369 e. The fourth-order valence-corrected chi connectivity index (χ4v) is 4.56. The summed E-state index contributed by atoms with van der Waals surface area (Å²) >= 11 is 1.57. The molecule has 1 heterocycles. The van der Waals surface area contributed by atoms with Crippen LogP contribution in [0, 0.1) is 11.8 Å². The van der Waals surface area contributed by atoms with Crippen molar-refractivity contribution in [1.29, 1.82) is 0 Å². The maximum atomic E-state index is 12.5. The van der Waals surface area contributed by atoms with Gasteiger partial charge in [0, 0.05) is 23.6 Å².